The Labute approximate surface area is 187 Å². The van der Waals surface area contributed by atoms with Crippen LogP contribution in [-0.2, 0) is 13.0 Å². The van der Waals surface area contributed by atoms with Crippen molar-refractivity contribution in [2.75, 3.05) is 7.05 Å². The number of benzene rings is 1. The van der Waals surface area contributed by atoms with Crippen LogP contribution in [0.25, 0.3) is 16.2 Å². The number of nitrogens with zero attached hydrogens (tertiary/aromatic N) is 3. The molecule has 1 aliphatic rings. The number of alkyl halides is 1. The van der Waals surface area contributed by atoms with E-state index in [-0.39, 0.29) is 11.3 Å². The summed E-state index contributed by atoms with van der Waals surface area (Å²) in [4.78, 5) is 1.28. The van der Waals surface area contributed by atoms with E-state index in [1.54, 1.807) is 28.9 Å². The summed E-state index contributed by atoms with van der Waals surface area (Å²) >= 11 is 15.7. The van der Waals surface area contributed by atoms with Crippen molar-refractivity contribution >= 4 is 74.2 Å². The predicted octanol–water partition coefficient (Wildman–Crippen LogP) is 5.08. The number of rotatable bonds is 5. The lowest BCUT2D eigenvalue weighted by atomic mass is 10.0. The highest BCUT2D eigenvalue weighted by Gasteiger charge is 2.18. The van der Waals surface area contributed by atoms with Crippen LogP contribution >= 0.6 is 45.9 Å². The van der Waals surface area contributed by atoms with Crippen molar-refractivity contribution in [1.82, 2.24) is 10.4 Å². The number of guanidine groups is 1. The molecule has 1 aromatic carbocycles. The molecule has 5 nitrogen and oxygen atoms in total. The van der Waals surface area contributed by atoms with Crippen molar-refractivity contribution in [3.8, 4) is 0 Å². The number of nitrogens with two attached hydrogens (primary N) is 1. The number of hydrogen-bond acceptors (Lipinski definition) is 5. The lowest BCUT2D eigenvalue weighted by Crippen LogP contribution is -2.43. The molecule has 2 heterocycles. The van der Waals surface area contributed by atoms with E-state index in [1.165, 1.54) is 16.0 Å². The van der Waals surface area contributed by atoms with Crippen LogP contribution in [0.4, 0.5) is 0 Å². The van der Waals surface area contributed by atoms with Gasteiger partial charge < -0.3 is 5.73 Å². The maximum atomic E-state index is 6.27. The van der Waals surface area contributed by atoms with E-state index in [4.69, 9.17) is 28.9 Å². The molecule has 3 aromatic rings. The van der Waals surface area contributed by atoms with Crippen LogP contribution in [0.1, 0.15) is 21.6 Å². The first-order chi connectivity index (χ1) is 14.0. The lowest BCUT2D eigenvalue weighted by molar-refractivity contribution is 0.282. The second-order valence-electron chi connectivity index (χ2n) is 6.71. The molecule has 0 amide bonds. The molecule has 0 saturated heterocycles. The zero-order chi connectivity index (χ0) is 20.4. The molecule has 0 aliphatic heterocycles. The van der Waals surface area contributed by atoms with Gasteiger partial charge in [0.2, 0.25) is 5.96 Å². The molecule has 1 atom stereocenters. The molecule has 0 bridgehead atoms. The van der Waals surface area contributed by atoms with Crippen LogP contribution in [0.3, 0.4) is 0 Å². The number of fused-ring (bicyclic) bond motifs is 2. The smallest absolute Gasteiger partial charge is 0.228 e. The van der Waals surface area contributed by atoms with Gasteiger partial charge in [-0.3, -0.25) is 5.43 Å². The van der Waals surface area contributed by atoms with Crippen molar-refractivity contribution in [3.63, 3.8) is 0 Å². The minimum atomic E-state index is 0.0538. The van der Waals surface area contributed by atoms with E-state index in [1.807, 2.05) is 41.7 Å². The highest BCUT2D eigenvalue weighted by atomic mass is 35.5. The molecule has 3 N–H and O–H groups in total. The number of nitrogens with one attached hydrogen (secondary N) is 1. The Morgan fingerprint density at radius 2 is 2.24 bits per heavy atom. The Balaban J connectivity index is 1.38. The fraction of sp³-hybridized carbons (Fsp3) is 0.200. The van der Waals surface area contributed by atoms with Gasteiger partial charge in [-0.15, -0.1) is 39.4 Å². The van der Waals surface area contributed by atoms with Gasteiger partial charge in [0.05, 0.1) is 11.6 Å². The zero-order valence-corrected chi connectivity index (χ0v) is 18.7. The van der Waals surface area contributed by atoms with Crippen molar-refractivity contribution < 1.29 is 0 Å². The Bertz CT molecular complexity index is 1120. The Kier molecular flexibility index (Phi) is 6.22. The minimum absolute atomic E-state index is 0.0538. The second kappa shape index (κ2) is 8.85. The van der Waals surface area contributed by atoms with E-state index < -0.39 is 0 Å². The SMILES string of the molecule is CN(Cc1csc2c1CC(Cl)C=C2)NC(N)=N/N=C/c1csc2ccc(Cl)cc12. The van der Waals surface area contributed by atoms with Gasteiger partial charge >= 0.3 is 0 Å². The first kappa shape index (κ1) is 20.4. The highest BCUT2D eigenvalue weighted by molar-refractivity contribution is 7.17. The van der Waals surface area contributed by atoms with Crippen LogP contribution in [0.15, 0.2) is 45.2 Å². The van der Waals surface area contributed by atoms with Gasteiger partial charge in [-0.05, 0) is 47.2 Å². The lowest BCUT2D eigenvalue weighted by Gasteiger charge is -2.19. The molecule has 0 fully saturated rings. The van der Waals surface area contributed by atoms with Crippen LogP contribution < -0.4 is 11.2 Å². The molecule has 0 spiro atoms. The third kappa shape index (κ3) is 4.82. The monoisotopic (exact) mass is 463 g/mol. The van der Waals surface area contributed by atoms with Crippen LogP contribution in [0.5, 0.6) is 0 Å². The summed E-state index contributed by atoms with van der Waals surface area (Å²) in [6.07, 6.45) is 6.68. The van der Waals surface area contributed by atoms with E-state index >= 15 is 0 Å². The van der Waals surface area contributed by atoms with Gasteiger partial charge in [0.15, 0.2) is 0 Å². The fourth-order valence-corrected chi connectivity index (χ4v) is 5.47. The van der Waals surface area contributed by atoms with E-state index in [0.29, 0.717) is 11.6 Å². The molecule has 0 saturated carbocycles. The molecular formula is C20H19Cl2N5S2. The summed E-state index contributed by atoms with van der Waals surface area (Å²) in [7, 11) is 1.92. The van der Waals surface area contributed by atoms with Gasteiger partial charge in [-0.2, -0.15) is 5.10 Å². The van der Waals surface area contributed by atoms with Gasteiger partial charge in [-0.25, -0.2) is 5.01 Å². The minimum Gasteiger partial charge on any atom is -0.367 e. The van der Waals surface area contributed by atoms with Gasteiger partial charge in [-0.1, -0.05) is 17.7 Å². The van der Waals surface area contributed by atoms with Gasteiger partial charge in [0.25, 0.3) is 0 Å². The maximum absolute atomic E-state index is 6.27. The summed E-state index contributed by atoms with van der Waals surface area (Å²) in [5.74, 6) is 0.223. The molecular weight excluding hydrogens is 445 g/mol. The molecule has 1 unspecified atom stereocenters. The standard InChI is InChI=1S/C20H19Cl2N5S2/c1-27(9-13-11-29-19-5-3-15(22)7-17(13)19)26-20(23)25-24-8-12-10-28-18-4-2-14(21)6-16(12)18/h2-6,8,10-11,15H,7,9H2,1H3,(H3,23,25,26)/b24-8+. The summed E-state index contributed by atoms with van der Waals surface area (Å²) in [6.45, 7) is 0.691. The third-order valence-electron chi connectivity index (χ3n) is 4.51. The van der Waals surface area contributed by atoms with Crippen LogP contribution in [0, 0.1) is 0 Å². The van der Waals surface area contributed by atoms with Gasteiger partial charge in [0, 0.05) is 44.5 Å². The Morgan fingerprint density at radius 3 is 3.10 bits per heavy atom. The predicted molar refractivity (Wildman–Crippen MR) is 127 cm³/mol. The van der Waals surface area contributed by atoms with Crippen molar-refractivity contribution in [2.24, 2.45) is 15.9 Å². The van der Waals surface area contributed by atoms with Crippen LogP contribution in [-0.4, -0.2) is 29.6 Å². The molecule has 0 radical (unpaired) electrons. The number of hydrogen-bond donors (Lipinski definition) is 2. The second-order valence-corrected chi connectivity index (χ2v) is 9.53. The van der Waals surface area contributed by atoms with E-state index in [9.17, 15) is 0 Å². The number of thiophene rings is 2. The normalized spacial score (nSPS) is 16.8. The van der Waals surface area contributed by atoms with E-state index in [2.05, 4.69) is 27.1 Å². The maximum Gasteiger partial charge on any atom is 0.228 e. The van der Waals surface area contributed by atoms with Crippen molar-refractivity contribution in [1.29, 1.82) is 0 Å². The molecule has 2 aromatic heterocycles. The molecule has 9 heteroatoms. The summed E-state index contributed by atoms with van der Waals surface area (Å²) in [5.41, 5.74) is 12.5. The average molecular weight is 464 g/mol. The van der Waals surface area contributed by atoms with Crippen molar-refractivity contribution in [3.05, 3.63) is 61.6 Å². The summed E-state index contributed by atoms with van der Waals surface area (Å²) in [6, 6.07) is 5.81. The van der Waals surface area contributed by atoms with Crippen molar-refractivity contribution in [2.45, 2.75) is 18.3 Å². The zero-order valence-electron chi connectivity index (χ0n) is 15.6. The molecule has 150 valence electrons. The Hall–Kier alpha value is -1.90. The first-order valence-electron chi connectivity index (χ1n) is 8.92. The topological polar surface area (TPSA) is 66.0 Å². The molecule has 29 heavy (non-hydrogen) atoms. The number of allylic oxidation sites excluding steroid dienone is 1. The summed E-state index contributed by atoms with van der Waals surface area (Å²) < 4.78 is 1.15. The quantitative estimate of drug-likeness (QED) is 0.240. The molecule has 1 aliphatic carbocycles. The average Bonchev–Trinajstić information content (AvgIpc) is 3.25. The fourth-order valence-electron chi connectivity index (χ4n) is 3.18. The Morgan fingerprint density at radius 1 is 1.38 bits per heavy atom. The summed E-state index contributed by atoms with van der Waals surface area (Å²) in [5, 5.41) is 16.0. The van der Waals surface area contributed by atoms with Gasteiger partial charge in [0.1, 0.15) is 0 Å². The largest absolute Gasteiger partial charge is 0.367 e. The van der Waals surface area contributed by atoms with Crippen LogP contribution in [0.2, 0.25) is 5.02 Å². The third-order valence-corrected chi connectivity index (χ3v) is 7.06. The molecule has 4 rings (SSSR count). The first-order valence-corrected chi connectivity index (χ1v) is 11.5. The number of hydrazine groups is 1. The number of halogens is 2. The highest BCUT2D eigenvalue weighted by Crippen LogP contribution is 2.31. The van der Waals surface area contributed by atoms with E-state index in [0.717, 1.165) is 22.1 Å².